The number of fused-ring (bicyclic) bond motifs is 1. The summed E-state index contributed by atoms with van der Waals surface area (Å²) >= 11 is 1.73. The Kier molecular flexibility index (Phi) is 4.24. The van der Waals surface area contributed by atoms with Crippen molar-refractivity contribution in [1.29, 1.82) is 0 Å². The Morgan fingerprint density at radius 1 is 1.45 bits per heavy atom. The lowest BCUT2D eigenvalue weighted by atomic mass is 10.4. The van der Waals surface area contributed by atoms with Crippen LogP contribution in [0.1, 0.15) is 10.7 Å². The van der Waals surface area contributed by atoms with Crippen LogP contribution in [0.25, 0.3) is 0 Å². The second-order valence-corrected chi connectivity index (χ2v) is 5.73. The first-order valence-electron chi connectivity index (χ1n) is 6.63. The fourth-order valence-electron chi connectivity index (χ4n) is 2.14. The molecular weight excluding hydrogens is 276 g/mol. The van der Waals surface area contributed by atoms with E-state index in [1.54, 1.807) is 24.8 Å². The van der Waals surface area contributed by atoms with Crippen LogP contribution in [0.2, 0.25) is 0 Å². The lowest BCUT2D eigenvalue weighted by Gasteiger charge is -2.26. The number of nitrogens with one attached hydrogen (secondary N) is 1. The van der Waals surface area contributed by atoms with E-state index in [1.165, 1.54) is 4.88 Å². The largest absolute Gasteiger partial charge is 0.383 e. The lowest BCUT2D eigenvalue weighted by Crippen LogP contribution is -2.33. The maximum Gasteiger partial charge on any atom is 0.186 e. The van der Waals surface area contributed by atoms with E-state index in [2.05, 4.69) is 30.0 Å². The molecule has 20 heavy (non-hydrogen) atoms. The van der Waals surface area contributed by atoms with Crippen LogP contribution in [0.4, 0.5) is 5.13 Å². The zero-order chi connectivity index (χ0) is 13.8. The minimum absolute atomic E-state index is 0.730. The first kappa shape index (κ1) is 13.5. The molecule has 0 saturated heterocycles. The molecule has 3 rings (SSSR count). The zero-order valence-electron chi connectivity index (χ0n) is 11.4. The predicted octanol–water partition coefficient (Wildman–Crippen LogP) is 0.491. The van der Waals surface area contributed by atoms with Gasteiger partial charge in [0.2, 0.25) is 0 Å². The highest BCUT2D eigenvalue weighted by Crippen LogP contribution is 2.25. The van der Waals surface area contributed by atoms with Crippen molar-refractivity contribution in [3.8, 4) is 0 Å². The molecular formula is C12H18N6OS. The second kappa shape index (κ2) is 6.29. The van der Waals surface area contributed by atoms with Gasteiger partial charge in [-0.25, -0.2) is 4.98 Å². The van der Waals surface area contributed by atoms with Gasteiger partial charge in [-0.1, -0.05) is 0 Å². The molecule has 0 aromatic carbocycles. The van der Waals surface area contributed by atoms with E-state index in [0.29, 0.717) is 0 Å². The first-order chi connectivity index (χ1) is 9.86. The Morgan fingerprint density at radius 2 is 2.40 bits per heavy atom. The molecule has 1 aliphatic heterocycles. The summed E-state index contributed by atoms with van der Waals surface area (Å²) in [6.07, 6.45) is 3.73. The highest BCUT2D eigenvalue weighted by Gasteiger charge is 2.19. The standard InChI is InChI=1S/C12H18N6OS/c1-19-5-2-13-6-10-7-14-12(20-10)17-3-4-18-9-15-16-11(18)8-17/h7,9,13H,2-6,8H2,1H3. The van der Waals surface area contributed by atoms with Gasteiger partial charge >= 0.3 is 0 Å². The van der Waals surface area contributed by atoms with E-state index >= 15 is 0 Å². The van der Waals surface area contributed by atoms with Crippen LogP contribution in [0.15, 0.2) is 12.5 Å². The van der Waals surface area contributed by atoms with Crippen LogP contribution in [0, 0.1) is 0 Å². The average Bonchev–Trinajstić information content (AvgIpc) is 3.11. The smallest absolute Gasteiger partial charge is 0.186 e. The second-order valence-electron chi connectivity index (χ2n) is 4.64. The third-order valence-electron chi connectivity index (χ3n) is 3.23. The molecule has 2 aromatic rings. The van der Waals surface area contributed by atoms with Gasteiger partial charge < -0.3 is 19.5 Å². The van der Waals surface area contributed by atoms with Gasteiger partial charge in [0.1, 0.15) is 6.33 Å². The number of ether oxygens (including phenoxy) is 1. The number of methoxy groups -OCH3 is 1. The van der Waals surface area contributed by atoms with Crippen molar-refractivity contribution in [1.82, 2.24) is 25.1 Å². The molecule has 0 radical (unpaired) electrons. The molecule has 2 aromatic heterocycles. The van der Waals surface area contributed by atoms with E-state index in [4.69, 9.17) is 4.74 Å². The monoisotopic (exact) mass is 294 g/mol. The Labute approximate surface area is 121 Å². The van der Waals surface area contributed by atoms with Crippen LogP contribution in [-0.4, -0.2) is 46.6 Å². The van der Waals surface area contributed by atoms with Crippen LogP contribution in [0.3, 0.4) is 0 Å². The fraction of sp³-hybridized carbons (Fsp3) is 0.583. The quantitative estimate of drug-likeness (QED) is 0.782. The Bertz CT molecular complexity index is 554. The molecule has 108 valence electrons. The predicted molar refractivity (Wildman–Crippen MR) is 76.8 cm³/mol. The summed E-state index contributed by atoms with van der Waals surface area (Å²) in [5.74, 6) is 1.01. The molecule has 7 nitrogen and oxygen atoms in total. The molecule has 1 N–H and O–H groups in total. The summed E-state index contributed by atoms with van der Waals surface area (Å²) < 4.78 is 7.10. The van der Waals surface area contributed by atoms with Crippen LogP contribution in [-0.2, 0) is 24.4 Å². The summed E-state index contributed by atoms with van der Waals surface area (Å²) in [5.41, 5.74) is 0. The molecule has 0 saturated carbocycles. The molecule has 1 aliphatic rings. The molecule has 0 unspecified atom stereocenters. The first-order valence-corrected chi connectivity index (χ1v) is 7.44. The Morgan fingerprint density at radius 3 is 3.30 bits per heavy atom. The molecule has 0 spiro atoms. The van der Waals surface area contributed by atoms with Gasteiger partial charge in [-0.2, -0.15) is 0 Å². The van der Waals surface area contributed by atoms with Gasteiger partial charge in [-0.15, -0.1) is 21.5 Å². The van der Waals surface area contributed by atoms with Gasteiger partial charge in [0.25, 0.3) is 0 Å². The van der Waals surface area contributed by atoms with Crippen molar-refractivity contribution in [2.45, 2.75) is 19.6 Å². The van der Waals surface area contributed by atoms with Crippen molar-refractivity contribution in [2.24, 2.45) is 0 Å². The Balaban J connectivity index is 1.57. The van der Waals surface area contributed by atoms with E-state index in [-0.39, 0.29) is 0 Å². The number of nitrogens with zero attached hydrogens (tertiary/aromatic N) is 5. The minimum Gasteiger partial charge on any atom is -0.383 e. The number of anilines is 1. The van der Waals surface area contributed by atoms with E-state index in [1.807, 2.05) is 6.20 Å². The van der Waals surface area contributed by atoms with Crippen LogP contribution < -0.4 is 10.2 Å². The molecule has 0 bridgehead atoms. The number of aromatic nitrogens is 4. The average molecular weight is 294 g/mol. The molecule has 0 atom stereocenters. The summed E-state index contributed by atoms with van der Waals surface area (Å²) in [5, 5.41) is 12.5. The van der Waals surface area contributed by atoms with E-state index < -0.39 is 0 Å². The summed E-state index contributed by atoms with van der Waals surface area (Å²) in [6, 6.07) is 0. The van der Waals surface area contributed by atoms with Gasteiger partial charge in [0.05, 0.1) is 13.2 Å². The molecule has 3 heterocycles. The van der Waals surface area contributed by atoms with E-state index in [9.17, 15) is 0 Å². The Hall–Kier alpha value is -1.51. The van der Waals surface area contributed by atoms with Gasteiger partial charge in [-0.3, -0.25) is 0 Å². The summed E-state index contributed by atoms with van der Waals surface area (Å²) in [7, 11) is 1.71. The van der Waals surface area contributed by atoms with Crippen molar-refractivity contribution in [3.63, 3.8) is 0 Å². The number of rotatable bonds is 6. The van der Waals surface area contributed by atoms with Gasteiger partial charge in [0, 0.05) is 44.4 Å². The van der Waals surface area contributed by atoms with Crippen LogP contribution >= 0.6 is 11.3 Å². The number of thiazole rings is 1. The highest BCUT2D eigenvalue weighted by atomic mass is 32.1. The lowest BCUT2D eigenvalue weighted by molar-refractivity contribution is 0.199. The topological polar surface area (TPSA) is 68.1 Å². The van der Waals surface area contributed by atoms with Crippen molar-refractivity contribution in [3.05, 3.63) is 23.2 Å². The van der Waals surface area contributed by atoms with Gasteiger partial charge in [0.15, 0.2) is 11.0 Å². The highest BCUT2D eigenvalue weighted by molar-refractivity contribution is 7.15. The third kappa shape index (κ3) is 2.97. The minimum atomic E-state index is 0.730. The van der Waals surface area contributed by atoms with Gasteiger partial charge in [-0.05, 0) is 0 Å². The molecule has 0 amide bonds. The van der Waals surface area contributed by atoms with Crippen molar-refractivity contribution in [2.75, 3.05) is 31.7 Å². The van der Waals surface area contributed by atoms with E-state index in [0.717, 1.165) is 50.3 Å². The third-order valence-corrected chi connectivity index (χ3v) is 4.29. The summed E-state index contributed by atoms with van der Waals surface area (Å²) in [6.45, 7) is 5.08. The maximum absolute atomic E-state index is 5.01. The molecule has 0 aliphatic carbocycles. The molecule has 8 heteroatoms. The van der Waals surface area contributed by atoms with Crippen molar-refractivity contribution >= 4 is 16.5 Å². The van der Waals surface area contributed by atoms with Crippen molar-refractivity contribution < 1.29 is 4.74 Å². The summed E-state index contributed by atoms with van der Waals surface area (Å²) in [4.78, 5) is 8.01. The fourth-order valence-corrected chi connectivity index (χ4v) is 3.05. The number of hydrogen-bond donors (Lipinski definition) is 1. The zero-order valence-corrected chi connectivity index (χ0v) is 12.3. The maximum atomic E-state index is 5.01. The SMILES string of the molecule is COCCNCc1cnc(N2CCn3cnnc3C2)s1. The normalized spacial score (nSPS) is 14.6. The van der Waals surface area contributed by atoms with Crippen LogP contribution in [0.5, 0.6) is 0 Å². The number of hydrogen-bond acceptors (Lipinski definition) is 7. The molecule has 0 fully saturated rings.